The Kier molecular flexibility index (Phi) is 5.97. The molecule has 2 amide bonds. The van der Waals surface area contributed by atoms with Crippen LogP contribution >= 0.6 is 11.8 Å². The SMILES string of the molecule is CC(=O)NNC(=O)CSc1nc2ccccc2c(=O)n1CC(C)C. The number of thioether (sulfide) groups is 1. The first-order chi connectivity index (χ1) is 11.4. The molecule has 0 saturated heterocycles. The van der Waals surface area contributed by atoms with Crippen molar-refractivity contribution in [3.05, 3.63) is 34.6 Å². The molecule has 7 nitrogen and oxygen atoms in total. The minimum atomic E-state index is -0.367. The van der Waals surface area contributed by atoms with Gasteiger partial charge in [0.05, 0.1) is 16.7 Å². The van der Waals surface area contributed by atoms with Gasteiger partial charge in [0.25, 0.3) is 5.56 Å². The number of amides is 2. The van der Waals surface area contributed by atoms with Crippen molar-refractivity contribution in [2.75, 3.05) is 5.75 Å². The van der Waals surface area contributed by atoms with Gasteiger partial charge in [-0.15, -0.1) is 0 Å². The third kappa shape index (κ3) is 4.58. The van der Waals surface area contributed by atoms with E-state index < -0.39 is 0 Å². The molecule has 0 aliphatic heterocycles. The van der Waals surface area contributed by atoms with Crippen molar-refractivity contribution in [3.63, 3.8) is 0 Å². The molecule has 128 valence electrons. The fraction of sp³-hybridized carbons (Fsp3) is 0.375. The first-order valence-electron chi connectivity index (χ1n) is 7.56. The topological polar surface area (TPSA) is 93.1 Å². The van der Waals surface area contributed by atoms with Gasteiger partial charge in [-0.05, 0) is 18.1 Å². The summed E-state index contributed by atoms with van der Waals surface area (Å²) in [6.07, 6.45) is 0. The van der Waals surface area contributed by atoms with Gasteiger partial charge >= 0.3 is 0 Å². The van der Waals surface area contributed by atoms with E-state index in [-0.39, 0.29) is 29.0 Å². The average molecular weight is 348 g/mol. The summed E-state index contributed by atoms with van der Waals surface area (Å²) in [6.45, 7) is 5.85. The number of aromatic nitrogens is 2. The van der Waals surface area contributed by atoms with Crippen molar-refractivity contribution in [2.45, 2.75) is 32.5 Å². The maximum absolute atomic E-state index is 12.7. The van der Waals surface area contributed by atoms with Gasteiger partial charge in [-0.3, -0.25) is 29.8 Å². The van der Waals surface area contributed by atoms with Crippen LogP contribution in [0.15, 0.2) is 34.2 Å². The van der Waals surface area contributed by atoms with Crippen LogP contribution in [0.3, 0.4) is 0 Å². The van der Waals surface area contributed by atoms with Gasteiger partial charge in [0.15, 0.2) is 5.16 Å². The van der Waals surface area contributed by atoms with Crippen LogP contribution < -0.4 is 16.4 Å². The minimum Gasteiger partial charge on any atom is -0.287 e. The second kappa shape index (κ2) is 7.96. The summed E-state index contributed by atoms with van der Waals surface area (Å²) in [5.74, 6) is -0.413. The number of nitrogens with one attached hydrogen (secondary N) is 2. The molecule has 2 N–H and O–H groups in total. The zero-order chi connectivity index (χ0) is 17.7. The largest absolute Gasteiger partial charge is 0.287 e. The second-order valence-corrected chi connectivity index (χ2v) is 6.68. The molecule has 0 aliphatic rings. The van der Waals surface area contributed by atoms with E-state index in [4.69, 9.17) is 0 Å². The smallest absolute Gasteiger partial charge is 0.262 e. The highest BCUT2D eigenvalue weighted by molar-refractivity contribution is 7.99. The van der Waals surface area contributed by atoms with Crippen molar-refractivity contribution in [3.8, 4) is 0 Å². The van der Waals surface area contributed by atoms with Gasteiger partial charge in [-0.2, -0.15) is 0 Å². The van der Waals surface area contributed by atoms with Crippen LogP contribution in [0.2, 0.25) is 0 Å². The van der Waals surface area contributed by atoms with E-state index in [0.717, 1.165) is 0 Å². The van der Waals surface area contributed by atoms with E-state index in [1.807, 2.05) is 19.9 Å². The van der Waals surface area contributed by atoms with Crippen molar-refractivity contribution in [2.24, 2.45) is 5.92 Å². The van der Waals surface area contributed by atoms with Crippen molar-refractivity contribution in [1.29, 1.82) is 0 Å². The Balaban J connectivity index is 2.28. The predicted molar refractivity (Wildman–Crippen MR) is 93.5 cm³/mol. The third-order valence-corrected chi connectivity index (χ3v) is 4.06. The van der Waals surface area contributed by atoms with Crippen LogP contribution in [0, 0.1) is 5.92 Å². The first kappa shape index (κ1) is 18.0. The number of hydrogen-bond donors (Lipinski definition) is 2. The summed E-state index contributed by atoms with van der Waals surface area (Å²) in [5, 5.41) is 1.05. The molecule has 24 heavy (non-hydrogen) atoms. The number of hydrazine groups is 1. The molecular weight excluding hydrogens is 328 g/mol. The third-order valence-electron chi connectivity index (χ3n) is 3.08. The van der Waals surface area contributed by atoms with Crippen LogP contribution in [0.5, 0.6) is 0 Å². The summed E-state index contributed by atoms with van der Waals surface area (Å²) in [4.78, 5) is 39.8. The molecule has 0 radical (unpaired) electrons. The van der Waals surface area contributed by atoms with Crippen LogP contribution in [0.25, 0.3) is 10.9 Å². The Hall–Kier alpha value is -2.35. The second-order valence-electron chi connectivity index (χ2n) is 5.74. The standard InChI is InChI=1S/C16H20N4O3S/c1-10(2)8-20-15(23)12-6-4-5-7-13(12)17-16(20)24-9-14(22)19-18-11(3)21/h4-7,10H,8-9H2,1-3H3,(H,18,21)(H,19,22). The monoisotopic (exact) mass is 348 g/mol. The lowest BCUT2D eigenvalue weighted by Gasteiger charge is -2.14. The quantitative estimate of drug-likeness (QED) is 0.483. The maximum atomic E-state index is 12.7. The molecule has 1 aromatic carbocycles. The van der Waals surface area contributed by atoms with E-state index in [9.17, 15) is 14.4 Å². The number of para-hydroxylation sites is 1. The van der Waals surface area contributed by atoms with Gasteiger partial charge < -0.3 is 0 Å². The molecule has 0 saturated carbocycles. The lowest BCUT2D eigenvalue weighted by molar-refractivity contribution is -0.126. The fourth-order valence-electron chi connectivity index (χ4n) is 2.11. The highest BCUT2D eigenvalue weighted by Gasteiger charge is 2.14. The Bertz CT molecular complexity index is 817. The van der Waals surface area contributed by atoms with E-state index in [2.05, 4.69) is 15.8 Å². The van der Waals surface area contributed by atoms with Gasteiger partial charge in [-0.25, -0.2) is 4.98 Å². The number of carbonyl (C=O) groups is 2. The van der Waals surface area contributed by atoms with Gasteiger partial charge in [0, 0.05) is 13.5 Å². The summed E-state index contributed by atoms with van der Waals surface area (Å²) in [7, 11) is 0. The van der Waals surface area contributed by atoms with Crippen LogP contribution in [-0.4, -0.2) is 27.1 Å². The first-order valence-corrected chi connectivity index (χ1v) is 8.55. The molecule has 0 fully saturated rings. The summed E-state index contributed by atoms with van der Waals surface area (Å²) >= 11 is 1.17. The number of benzene rings is 1. The van der Waals surface area contributed by atoms with Gasteiger partial charge in [0.2, 0.25) is 11.8 Å². The number of hydrogen-bond acceptors (Lipinski definition) is 5. The fourth-order valence-corrected chi connectivity index (χ4v) is 2.92. The maximum Gasteiger partial charge on any atom is 0.262 e. The highest BCUT2D eigenvalue weighted by Crippen LogP contribution is 2.18. The van der Waals surface area contributed by atoms with Crippen molar-refractivity contribution < 1.29 is 9.59 Å². The molecule has 0 bridgehead atoms. The van der Waals surface area contributed by atoms with Crippen molar-refractivity contribution >= 4 is 34.5 Å². The van der Waals surface area contributed by atoms with E-state index in [0.29, 0.717) is 22.6 Å². The minimum absolute atomic E-state index is 0.0448. The lowest BCUT2D eigenvalue weighted by Crippen LogP contribution is -2.41. The van der Waals surface area contributed by atoms with E-state index in [1.165, 1.54) is 18.7 Å². The molecule has 0 spiro atoms. The molecule has 8 heteroatoms. The Morgan fingerprint density at radius 2 is 1.96 bits per heavy atom. The molecule has 0 unspecified atom stereocenters. The molecule has 2 aromatic rings. The average Bonchev–Trinajstić information content (AvgIpc) is 2.53. The predicted octanol–water partition coefficient (Wildman–Crippen LogP) is 1.31. The molecular formula is C16H20N4O3S. The zero-order valence-corrected chi connectivity index (χ0v) is 14.6. The Morgan fingerprint density at radius 1 is 1.25 bits per heavy atom. The Labute approximate surface area is 143 Å². The number of rotatable bonds is 5. The molecule has 2 rings (SSSR count). The summed E-state index contributed by atoms with van der Waals surface area (Å²) < 4.78 is 1.60. The molecule has 0 aliphatic carbocycles. The van der Waals surface area contributed by atoms with Crippen LogP contribution in [0.4, 0.5) is 0 Å². The Morgan fingerprint density at radius 3 is 2.62 bits per heavy atom. The summed E-state index contributed by atoms with van der Waals surface area (Å²) in [5.41, 5.74) is 5.01. The normalized spacial score (nSPS) is 10.8. The van der Waals surface area contributed by atoms with Crippen LogP contribution in [-0.2, 0) is 16.1 Å². The molecule has 1 aromatic heterocycles. The van der Waals surface area contributed by atoms with E-state index >= 15 is 0 Å². The van der Waals surface area contributed by atoms with Crippen molar-refractivity contribution in [1.82, 2.24) is 20.4 Å². The number of fused-ring (bicyclic) bond motifs is 1. The molecule has 1 heterocycles. The molecule has 0 atom stereocenters. The number of carbonyl (C=O) groups excluding carboxylic acids is 2. The van der Waals surface area contributed by atoms with Crippen LogP contribution in [0.1, 0.15) is 20.8 Å². The summed E-state index contributed by atoms with van der Waals surface area (Å²) in [6, 6.07) is 7.15. The zero-order valence-electron chi connectivity index (χ0n) is 13.8. The van der Waals surface area contributed by atoms with Gasteiger partial charge in [0.1, 0.15) is 0 Å². The lowest BCUT2D eigenvalue weighted by atomic mass is 10.2. The van der Waals surface area contributed by atoms with Gasteiger partial charge in [-0.1, -0.05) is 37.7 Å². The van der Waals surface area contributed by atoms with E-state index in [1.54, 1.807) is 22.8 Å². The highest BCUT2D eigenvalue weighted by atomic mass is 32.2. The number of nitrogens with zero attached hydrogens (tertiary/aromatic N) is 2.